The highest BCUT2D eigenvalue weighted by Crippen LogP contribution is 2.15. The second kappa shape index (κ2) is 66.2. The molecule has 0 nitrogen and oxygen atoms in total. The number of hydrogen-bond donors (Lipinski definition) is 0. The lowest BCUT2D eigenvalue weighted by Gasteiger charge is -2.02. The van der Waals surface area contributed by atoms with E-state index in [1.807, 2.05) is 42.5 Å². The molecule has 470 valence electrons. The summed E-state index contributed by atoms with van der Waals surface area (Å²) in [6, 6.07) is 0. The minimum absolute atomic E-state index is 0.745. The summed E-state index contributed by atoms with van der Waals surface area (Å²) in [5.74, 6) is 0.745. The molecule has 0 atom stereocenters. The van der Waals surface area contributed by atoms with Gasteiger partial charge < -0.3 is 0 Å². The SMILES string of the molecule is C=C/C(C)=C/C/C=C(\C)CCC=C(C)C.C=C/C=C/C/C=C(\C)CCC=C(C)C.C=CC(=C)CC/C=C(C)/C=C\CC(C)C.C=CC(=C)CC/C=C(\C)CCC=C(C)C.C=CC(=C)CC/C=C(\C)CCCC(=C)C.C=CC(=C)CCC=C(C)C. The largest absolute Gasteiger partial charge is 0.100 e. The van der Waals surface area contributed by atoms with Gasteiger partial charge in [0.05, 0.1) is 0 Å². The molecular formula is C84H134. The molecule has 0 aromatic carbocycles. The van der Waals surface area contributed by atoms with E-state index in [4.69, 9.17) is 0 Å². The van der Waals surface area contributed by atoms with Crippen molar-refractivity contribution in [2.75, 3.05) is 0 Å². The molecule has 0 aromatic rings. The van der Waals surface area contributed by atoms with Crippen LogP contribution in [-0.2, 0) is 0 Å². The van der Waals surface area contributed by atoms with Gasteiger partial charge in [-0.2, -0.15) is 0 Å². The van der Waals surface area contributed by atoms with Crippen molar-refractivity contribution >= 4 is 0 Å². The molecule has 0 heteroatoms. The Morgan fingerprint density at radius 1 is 0.321 bits per heavy atom. The maximum atomic E-state index is 3.91. The summed E-state index contributed by atoms with van der Waals surface area (Å²) in [6.45, 7) is 78.2. The standard InChI is InChI=1S/4C15H24.C14H22.C10H16/c4*1-6-14(4)10-8-12-15(5)11-7-9-13(2)3;1-5-6-7-8-11-14(4)12-9-10-13(2)3;1-5-10(4)8-6-7-9(2)3/h6,9-10,12H,1,7-8,11H2,2-5H3;6,9,12H,1,4,7-8,10-11H2,2-3,5H3;6-7,11-13H,1,4,8-10H2,2-3,5H3;6,12H,1-2,4,7-11H2,3,5H3;5-7,10-11H,1,8-9,12H2,2-4H3;5,7H,1,4,6,8H2,2-3H3/b14-10+,15-12+;15-12+;11-7-,15-12+;15-12+;7-6+,14-11+;. The maximum absolute atomic E-state index is 3.91. The zero-order valence-electron chi connectivity index (χ0n) is 58.5. The van der Waals surface area contributed by atoms with Crippen LogP contribution in [0.1, 0.15) is 246 Å². The van der Waals surface area contributed by atoms with Crippen LogP contribution in [0.25, 0.3) is 0 Å². The quantitative estimate of drug-likeness (QED) is 0.0427. The Hall–Kier alpha value is -5.98. The molecule has 84 heavy (non-hydrogen) atoms. The van der Waals surface area contributed by atoms with Crippen molar-refractivity contribution in [3.05, 3.63) is 277 Å². The molecule has 0 rings (SSSR count). The van der Waals surface area contributed by atoms with Gasteiger partial charge in [0.2, 0.25) is 0 Å². The normalized spacial score (nSPS) is 11.4. The van der Waals surface area contributed by atoms with Crippen LogP contribution in [0.4, 0.5) is 0 Å². The first-order valence-electron chi connectivity index (χ1n) is 31.5. The molecule has 0 N–H and O–H groups in total. The first kappa shape index (κ1) is 89.2. The Kier molecular flexibility index (Phi) is 70.3. The fourth-order valence-corrected chi connectivity index (χ4v) is 6.86. The van der Waals surface area contributed by atoms with Gasteiger partial charge in [-0.1, -0.05) is 285 Å². The monoisotopic (exact) mass is 1140 g/mol. The molecule has 0 fully saturated rings. The zero-order chi connectivity index (χ0) is 65.5. The van der Waals surface area contributed by atoms with E-state index in [1.165, 1.54) is 93.4 Å². The molecule has 0 aliphatic heterocycles. The average Bonchev–Trinajstić information content (AvgIpc) is 3.42. The van der Waals surface area contributed by atoms with E-state index in [0.29, 0.717) is 0 Å². The van der Waals surface area contributed by atoms with Gasteiger partial charge in [0.25, 0.3) is 0 Å². The van der Waals surface area contributed by atoms with Gasteiger partial charge in [-0.05, 0) is 238 Å². The van der Waals surface area contributed by atoms with Crippen LogP contribution in [0.5, 0.6) is 0 Å². The third-order valence-electron chi connectivity index (χ3n) is 12.6. The zero-order valence-corrected chi connectivity index (χ0v) is 58.5. The highest BCUT2D eigenvalue weighted by atomic mass is 14.0. The molecule has 0 aliphatic carbocycles. The summed E-state index contributed by atoms with van der Waals surface area (Å²) in [4.78, 5) is 0. The van der Waals surface area contributed by atoms with Crippen molar-refractivity contribution in [1.29, 1.82) is 0 Å². The fraction of sp³-hybridized carbons (Fsp3) is 0.452. The van der Waals surface area contributed by atoms with Crippen molar-refractivity contribution in [3.8, 4) is 0 Å². The minimum atomic E-state index is 0.745. The molecule has 0 heterocycles. The van der Waals surface area contributed by atoms with E-state index in [2.05, 4.69) is 269 Å². The van der Waals surface area contributed by atoms with Gasteiger partial charge in [0.15, 0.2) is 0 Å². The number of allylic oxidation sites excluding steroid dienone is 35. The second-order valence-corrected chi connectivity index (χ2v) is 23.6. The lowest BCUT2D eigenvalue weighted by molar-refractivity contribution is 0.663. The van der Waals surface area contributed by atoms with E-state index in [1.54, 1.807) is 0 Å². The molecule has 0 saturated heterocycles. The molecule has 0 amide bonds. The Labute approximate surface area is 526 Å². The number of rotatable bonds is 38. The van der Waals surface area contributed by atoms with Crippen LogP contribution in [0, 0.1) is 5.92 Å². The van der Waals surface area contributed by atoms with Crippen LogP contribution < -0.4 is 0 Å². The molecule has 0 aromatic heterocycles. The van der Waals surface area contributed by atoms with Crippen LogP contribution in [-0.4, -0.2) is 0 Å². The summed E-state index contributed by atoms with van der Waals surface area (Å²) in [5.41, 5.74) is 19.9. The fourth-order valence-electron chi connectivity index (χ4n) is 6.86. The van der Waals surface area contributed by atoms with Crippen LogP contribution >= 0.6 is 0 Å². The highest BCUT2D eigenvalue weighted by Gasteiger charge is 1.95. The summed E-state index contributed by atoms with van der Waals surface area (Å²) in [5, 5.41) is 0. The van der Waals surface area contributed by atoms with Crippen LogP contribution in [0.15, 0.2) is 277 Å². The maximum Gasteiger partial charge on any atom is -0.0161 e. The van der Waals surface area contributed by atoms with Crippen molar-refractivity contribution in [2.45, 2.75) is 246 Å². The smallest absolute Gasteiger partial charge is 0.0161 e. The van der Waals surface area contributed by atoms with E-state index < -0.39 is 0 Å². The van der Waals surface area contributed by atoms with Crippen LogP contribution in [0.2, 0.25) is 0 Å². The second-order valence-electron chi connectivity index (χ2n) is 23.6. The molecule has 0 unspecified atom stereocenters. The summed E-state index contributed by atoms with van der Waals surface area (Å²) >= 11 is 0. The highest BCUT2D eigenvalue weighted by molar-refractivity contribution is 5.19. The predicted octanol–water partition coefficient (Wildman–Crippen LogP) is 28.9. The average molecular weight is 1140 g/mol. The van der Waals surface area contributed by atoms with Crippen molar-refractivity contribution < 1.29 is 0 Å². The third-order valence-corrected chi connectivity index (χ3v) is 12.6. The topological polar surface area (TPSA) is 0 Å². The molecular weight excluding hydrogens is 1010 g/mol. The van der Waals surface area contributed by atoms with Crippen LogP contribution in [0.3, 0.4) is 0 Å². The van der Waals surface area contributed by atoms with Gasteiger partial charge in [-0.15, -0.1) is 6.58 Å². The predicted molar refractivity (Wildman–Crippen MR) is 398 cm³/mol. The Morgan fingerprint density at radius 3 is 0.988 bits per heavy atom. The van der Waals surface area contributed by atoms with Crippen molar-refractivity contribution in [3.63, 3.8) is 0 Å². The van der Waals surface area contributed by atoms with Gasteiger partial charge >= 0.3 is 0 Å². The lowest BCUT2D eigenvalue weighted by Crippen LogP contribution is -1.82. The van der Waals surface area contributed by atoms with Gasteiger partial charge in [-0.3, -0.25) is 0 Å². The van der Waals surface area contributed by atoms with Gasteiger partial charge in [0, 0.05) is 0 Å². The first-order valence-corrected chi connectivity index (χ1v) is 31.5. The summed E-state index contributed by atoms with van der Waals surface area (Å²) in [7, 11) is 0. The van der Waals surface area contributed by atoms with E-state index in [9.17, 15) is 0 Å². The Morgan fingerprint density at radius 2 is 0.655 bits per heavy atom. The molecule has 0 radical (unpaired) electrons. The Balaban J connectivity index is -0.000000218. The van der Waals surface area contributed by atoms with E-state index in [-0.39, 0.29) is 0 Å². The first-order chi connectivity index (χ1) is 39.6. The van der Waals surface area contributed by atoms with Gasteiger partial charge in [-0.25, -0.2) is 0 Å². The Bertz CT molecular complexity index is 2240. The lowest BCUT2D eigenvalue weighted by atomic mass is 10.0. The third kappa shape index (κ3) is 87.3. The number of hydrogen-bond acceptors (Lipinski definition) is 0. The summed E-state index contributed by atoms with van der Waals surface area (Å²) < 4.78 is 0. The van der Waals surface area contributed by atoms with E-state index >= 15 is 0 Å². The molecule has 0 spiro atoms. The molecule has 0 aliphatic rings. The molecule has 0 saturated carbocycles. The van der Waals surface area contributed by atoms with Crippen molar-refractivity contribution in [1.82, 2.24) is 0 Å². The molecule has 0 bridgehead atoms. The summed E-state index contributed by atoms with van der Waals surface area (Å²) in [6.07, 6.45) is 64.5. The van der Waals surface area contributed by atoms with Crippen molar-refractivity contribution in [2.24, 2.45) is 5.92 Å². The van der Waals surface area contributed by atoms with E-state index in [0.717, 1.165) is 125 Å². The minimum Gasteiger partial charge on any atom is -0.100 e. The van der Waals surface area contributed by atoms with Gasteiger partial charge in [0.1, 0.15) is 0 Å².